The largest absolute Gasteiger partial charge is 0.329 e. The summed E-state index contributed by atoms with van der Waals surface area (Å²) < 4.78 is 2.33. The van der Waals surface area contributed by atoms with Crippen LogP contribution in [0, 0.1) is 3.57 Å². The second-order valence-electron chi connectivity index (χ2n) is 5.68. The van der Waals surface area contributed by atoms with Gasteiger partial charge in [-0.2, -0.15) is 0 Å². The van der Waals surface area contributed by atoms with Crippen molar-refractivity contribution in [3.63, 3.8) is 0 Å². The second-order valence-corrected chi connectivity index (χ2v) is 7.99. The molecule has 1 aliphatic rings. The first-order valence-corrected chi connectivity index (χ1v) is 9.54. The fourth-order valence-corrected chi connectivity index (χ4v) is 4.53. The van der Waals surface area contributed by atoms with Crippen molar-refractivity contribution in [3.05, 3.63) is 62.7 Å². The van der Waals surface area contributed by atoms with E-state index in [-0.39, 0.29) is 11.9 Å². The number of likely N-dealkylation sites (tertiary alicyclic amines) is 1. The average molecular weight is 434 g/mol. The average Bonchev–Trinajstić information content (AvgIpc) is 3.21. The fourth-order valence-electron chi connectivity index (χ4n) is 3.06. The van der Waals surface area contributed by atoms with Crippen LogP contribution >= 0.6 is 33.9 Å². The van der Waals surface area contributed by atoms with Gasteiger partial charge in [0, 0.05) is 15.7 Å². The Hall–Kier alpha value is -1.47. The normalized spacial score (nSPS) is 17.8. The molecule has 1 amide bonds. The molecule has 4 rings (SSSR count). The molecule has 23 heavy (non-hydrogen) atoms. The van der Waals surface area contributed by atoms with Crippen LogP contribution in [0.15, 0.2) is 48.5 Å². The SMILES string of the molecule is O=C(c1ccc(I)cc1)N1CCC[C@@H]1c1nc2ccccc2s1. The van der Waals surface area contributed by atoms with Crippen LogP contribution < -0.4 is 0 Å². The molecule has 1 saturated heterocycles. The van der Waals surface area contributed by atoms with Crippen molar-refractivity contribution in [2.24, 2.45) is 0 Å². The van der Waals surface area contributed by atoms with Crippen molar-refractivity contribution in [1.82, 2.24) is 9.88 Å². The predicted octanol–water partition coefficient (Wildman–Crippen LogP) is 4.88. The number of nitrogens with zero attached hydrogens (tertiary/aromatic N) is 2. The molecule has 5 heteroatoms. The van der Waals surface area contributed by atoms with Gasteiger partial charge in [-0.15, -0.1) is 11.3 Å². The fraction of sp³-hybridized carbons (Fsp3) is 0.222. The molecule has 0 spiro atoms. The second kappa shape index (κ2) is 6.20. The zero-order valence-electron chi connectivity index (χ0n) is 12.4. The van der Waals surface area contributed by atoms with Gasteiger partial charge >= 0.3 is 0 Å². The summed E-state index contributed by atoms with van der Waals surface area (Å²) in [6, 6.07) is 16.1. The maximum Gasteiger partial charge on any atom is 0.254 e. The highest BCUT2D eigenvalue weighted by atomic mass is 127. The number of fused-ring (bicyclic) bond motifs is 1. The number of thiazole rings is 1. The molecule has 0 aliphatic carbocycles. The quantitative estimate of drug-likeness (QED) is 0.539. The number of amides is 1. The van der Waals surface area contributed by atoms with Crippen molar-refractivity contribution in [2.75, 3.05) is 6.54 Å². The zero-order valence-corrected chi connectivity index (χ0v) is 15.4. The van der Waals surface area contributed by atoms with Crippen LogP contribution in [-0.4, -0.2) is 22.3 Å². The Morgan fingerprint density at radius 3 is 2.74 bits per heavy atom. The first-order chi connectivity index (χ1) is 11.2. The lowest BCUT2D eigenvalue weighted by molar-refractivity contribution is 0.0735. The van der Waals surface area contributed by atoms with E-state index in [0.29, 0.717) is 0 Å². The molecule has 1 aromatic heterocycles. The van der Waals surface area contributed by atoms with Gasteiger partial charge in [0.1, 0.15) is 5.01 Å². The number of hydrogen-bond acceptors (Lipinski definition) is 3. The molecule has 1 aliphatic heterocycles. The van der Waals surface area contributed by atoms with Crippen molar-refractivity contribution < 1.29 is 4.79 Å². The lowest BCUT2D eigenvalue weighted by Crippen LogP contribution is -2.30. The minimum atomic E-state index is 0.110. The van der Waals surface area contributed by atoms with Gasteiger partial charge in [-0.05, 0) is 71.8 Å². The van der Waals surface area contributed by atoms with Gasteiger partial charge in [-0.25, -0.2) is 4.98 Å². The minimum absolute atomic E-state index is 0.110. The third-order valence-electron chi connectivity index (χ3n) is 4.20. The maximum absolute atomic E-state index is 12.9. The summed E-state index contributed by atoms with van der Waals surface area (Å²) in [6.45, 7) is 0.811. The van der Waals surface area contributed by atoms with Gasteiger partial charge in [0.15, 0.2) is 0 Å². The topological polar surface area (TPSA) is 33.2 Å². The number of benzene rings is 2. The molecule has 2 heterocycles. The Bertz CT molecular complexity index is 826. The Kier molecular flexibility index (Phi) is 4.07. The molecule has 1 fully saturated rings. The van der Waals surface area contributed by atoms with Gasteiger partial charge in [0.05, 0.1) is 16.3 Å². The lowest BCUT2D eigenvalue weighted by Gasteiger charge is -2.23. The van der Waals surface area contributed by atoms with Gasteiger partial charge in [-0.1, -0.05) is 12.1 Å². The van der Waals surface area contributed by atoms with E-state index in [1.807, 2.05) is 47.4 Å². The van der Waals surface area contributed by atoms with Crippen LogP contribution in [0.2, 0.25) is 0 Å². The van der Waals surface area contributed by atoms with Crippen molar-refractivity contribution in [3.8, 4) is 0 Å². The van der Waals surface area contributed by atoms with Crippen LogP contribution in [0.3, 0.4) is 0 Å². The highest BCUT2D eigenvalue weighted by molar-refractivity contribution is 14.1. The van der Waals surface area contributed by atoms with E-state index in [2.05, 4.69) is 28.7 Å². The summed E-state index contributed by atoms with van der Waals surface area (Å²) in [5.74, 6) is 0.114. The van der Waals surface area contributed by atoms with Crippen LogP contribution in [0.5, 0.6) is 0 Å². The predicted molar refractivity (Wildman–Crippen MR) is 102 cm³/mol. The van der Waals surface area contributed by atoms with E-state index in [0.717, 1.165) is 39.0 Å². The molecule has 0 saturated carbocycles. The van der Waals surface area contributed by atoms with Gasteiger partial charge < -0.3 is 4.90 Å². The van der Waals surface area contributed by atoms with Crippen molar-refractivity contribution in [1.29, 1.82) is 0 Å². The summed E-state index contributed by atoms with van der Waals surface area (Å²) >= 11 is 3.96. The summed E-state index contributed by atoms with van der Waals surface area (Å²) in [7, 11) is 0. The van der Waals surface area contributed by atoms with Crippen LogP contribution in [0.4, 0.5) is 0 Å². The first kappa shape index (κ1) is 15.1. The monoisotopic (exact) mass is 434 g/mol. The number of rotatable bonds is 2. The molecule has 0 N–H and O–H groups in total. The highest BCUT2D eigenvalue weighted by Crippen LogP contribution is 2.37. The van der Waals surface area contributed by atoms with Crippen LogP contribution in [0.1, 0.15) is 34.2 Å². The number of carbonyl (C=O) groups is 1. The first-order valence-electron chi connectivity index (χ1n) is 7.64. The Morgan fingerprint density at radius 1 is 1.17 bits per heavy atom. The lowest BCUT2D eigenvalue weighted by atomic mass is 10.1. The molecular weight excluding hydrogens is 419 g/mol. The van der Waals surface area contributed by atoms with E-state index in [9.17, 15) is 4.79 Å². The molecule has 116 valence electrons. The third kappa shape index (κ3) is 2.87. The summed E-state index contributed by atoms with van der Waals surface area (Å²) in [5, 5.41) is 1.06. The number of halogens is 1. The van der Waals surface area contributed by atoms with Gasteiger partial charge in [0.25, 0.3) is 5.91 Å². The smallest absolute Gasteiger partial charge is 0.254 e. The number of carbonyl (C=O) groups excluding carboxylic acids is 1. The van der Waals surface area contributed by atoms with E-state index in [4.69, 9.17) is 4.98 Å². The molecular formula is C18H15IN2OS. The van der Waals surface area contributed by atoms with E-state index < -0.39 is 0 Å². The minimum Gasteiger partial charge on any atom is -0.329 e. The van der Waals surface area contributed by atoms with Gasteiger partial charge in [-0.3, -0.25) is 4.79 Å². The summed E-state index contributed by atoms with van der Waals surface area (Å²) in [5.41, 5.74) is 1.79. The van der Waals surface area contributed by atoms with Crippen molar-refractivity contribution in [2.45, 2.75) is 18.9 Å². The van der Waals surface area contributed by atoms with E-state index in [1.54, 1.807) is 11.3 Å². The molecule has 1 atom stereocenters. The number of aromatic nitrogens is 1. The molecule has 2 aromatic carbocycles. The van der Waals surface area contributed by atoms with Crippen LogP contribution in [0.25, 0.3) is 10.2 Å². The third-order valence-corrected chi connectivity index (χ3v) is 6.06. The zero-order chi connectivity index (χ0) is 15.8. The molecule has 0 bridgehead atoms. The molecule has 0 radical (unpaired) electrons. The molecule has 3 nitrogen and oxygen atoms in total. The molecule has 3 aromatic rings. The van der Waals surface area contributed by atoms with Crippen molar-refractivity contribution >= 4 is 50.1 Å². The molecule has 0 unspecified atom stereocenters. The summed E-state index contributed by atoms with van der Waals surface area (Å²) in [6.07, 6.45) is 2.03. The summed E-state index contributed by atoms with van der Waals surface area (Å²) in [4.78, 5) is 19.6. The highest BCUT2D eigenvalue weighted by Gasteiger charge is 2.32. The Labute approximate surface area is 152 Å². The number of hydrogen-bond donors (Lipinski definition) is 0. The van der Waals surface area contributed by atoms with Gasteiger partial charge in [0.2, 0.25) is 0 Å². The van der Waals surface area contributed by atoms with Crippen LogP contribution in [-0.2, 0) is 0 Å². The Balaban J connectivity index is 1.65. The van der Waals surface area contributed by atoms with E-state index >= 15 is 0 Å². The Morgan fingerprint density at radius 2 is 1.96 bits per heavy atom. The van der Waals surface area contributed by atoms with E-state index in [1.165, 1.54) is 4.70 Å². The number of para-hydroxylation sites is 1. The standard InChI is InChI=1S/C18H15IN2OS/c19-13-9-7-12(8-10-13)18(22)21-11-3-5-15(21)17-20-14-4-1-2-6-16(14)23-17/h1-2,4,6-10,15H,3,5,11H2/t15-/m1/s1. The maximum atomic E-state index is 12.9.